The molecule has 4 nitrogen and oxygen atoms in total. The maximum Gasteiger partial charge on any atom is 0.213 e. The third-order valence-corrected chi connectivity index (χ3v) is 5.58. The molecular formula is C14H22N2O2S2. The predicted octanol–water partition coefficient (Wildman–Crippen LogP) is 2.42. The van der Waals surface area contributed by atoms with E-state index in [1.165, 1.54) is 12.2 Å². The van der Waals surface area contributed by atoms with Crippen molar-refractivity contribution >= 4 is 27.5 Å². The minimum absolute atomic E-state index is 0.113. The number of benzene rings is 1. The molecule has 0 aromatic heterocycles. The van der Waals surface area contributed by atoms with E-state index < -0.39 is 10.0 Å². The Morgan fingerprint density at radius 1 is 1.35 bits per heavy atom. The van der Waals surface area contributed by atoms with Crippen molar-refractivity contribution < 1.29 is 8.42 Å². The van der Waals surface area contributed by atoms with Crippen LogP contribution in [0.15, 0.2) is 24.3 Å². The first-order valence-electron chi connectivity index (χ1n) is 6.70. The number of rotatable bonds is 4. The van der Waals surface area contributed by atoms with E-state index in [9.17, 15) is 8.42 Å². The third-order valence-electron chi connectivity index (χ3n) is 3.78. The van der Waals surface area contributed by atoms with Gasteiger partial charge in [-0.25, -0.2) is 13.6 Å². The van der Waals surface area contributed by atoms with Crippen LogP contribution in [0.1, 0.15) is 25.8 Å². The molecule has 6 heteroatoms. The van der Waals surface area contributed by atoms with Gasteiger partial charge in [0.25, 0.3) is 0 Å². The van der Waals surface area contributed by atoms with E-state index in [4.69, 9.17) is 5.14 Å². The summed E-state index contributed by atoms with van der Waals surface area (Å²) in [7, 11) is -3.46. The summed E-state index contributed by atoms with van der Waals surface area (Å²) in [5.74, 6) is 2.21. The molecule has 1 aromatic carbocycles. The number of anilines is 1. The van der Waals surface area contributed by atoms with Gasteiger partial charge in [-0.3, -0.25) is 0 Å². The van der Waals surface area contributed by atoms with Crippen LogP contribution in [0.3, 0.4) is 0 Å². The van der Waals surface area contributed by atoms with Gasteiger partial charge in [0.15, 0.2) is 0 Å². The Hall–Kier alpha value is -0.720. The zero-order valence-corrected chi connectivity index (χ0v) is 13.6. The van der Waals surface area contributed by atoms with Crippen LogP contribution in [0.4, 0.5) is 5.69 Å². The lowest BCUT2D eigenvalue weighted by atomic mass is 9.82. The number of sulfonamides is 1. The molecule has 0 spiro atoms. The van der Waals surface area contributed by atoms with Crippen LogP contribution in [-0.2, 0) is 15.8 Å². The zero-order valence-electron chi connectivity index (χ0n) is 11.9. The number of hydrogen-bond acceptors (Lipinski definition) is 4. The highest BCUT2D eigenvalue weighted by atomic mass is 32.2. The number of nitrogens with one attached hydrogen (secondary N) is 1. The van der Waals surface area contributed by atoms with E-state index in [0.717, 1.165) is 17.0 Å². The van der Waals surface area contributed by atoms with Crippen molar-refractivity contribution in [3.63, 3.8) is 0 Å². The lowest BCUT2D eigenvalue weighted by Crippen LogP contribution is -2.41. The van der Waals surface area contributed by atoms with Crippen molar-refractivity contribution in [1.82, 2.24) is 0 Å². The van der Waals surface area contributed by atoms with Gasteiger partial charge in [-0.1, -0.05) is 26.0 Å². The van der Waals surface area contributed by atoms with Gasteiger partial charge in [0.2, 0.25) is 10.0 Å². The Bertz CT molecular complexity index is 553. The smallest absolute Gasteiger partial charge is 0.213 e. The number of primary sulfonamides is 1. The number of thioether (sulfide) groups is 1. The van der Waals surface area contributed by atoms with Crippen LogP contribution in [0.25, 0.3) is 0 Å². The van der Waals surface area contributed by atoms with Gasteiger partial charge >= 0.3 is 0 Å². The Morgan fingerprint density at radius 2 is 2.00 bits per heavy atom. The van der Waals surface area contributed by atoms with Crippen LogP contribution in [-0.4, -0.2) is 26.0 Å². The second-order valence-corrected chi connectivity index (χ2v) is 8.78. The van der Waals surface area contributed by atoms with Gasteiger partial charge in [0.1, 0.15) is 0 Å². The van der Waals surface area contributed by atoms with Crippen molar-refractivity contribution in [3.8, 4) is 0 Å². The maximum atomic E-state index is 11.0. The minimum Gasteiger partial charge on any atom is -0.381 e. The van der Waals surface area contributed by atoms with Crippen molar-refractivity contribution in [2.24, 2.45) is 10.6 Å². The monoisotopic (exact) mass is 314 g/mol. The summed E-state index contributed by atoms with van der Waals surface area (Å²) in [5, 5.41) is 8.60. The molecule has 112 valence electrons. The van der Waals surface area contributed by atoms with E-state index in [0.29, 0.717) is 6.04 Å². The van der Waals surface area contributed by atoms with Crippen molar-refractivity contribution in [1.29, 1.82) is 0 Å². The first-order valence-corrected chi connectivity index (χ1v) is 9.57. The highest BCUT2D eigenvalue weighted by molar-refractivity contribution is 7.99. The average Bonchev–Trinajstić information content (AvgIpc) is 2.32. The summed E-state index contributed by atoms with van der Waals surface area (Å²) in [4.78, 5) is 0. The fourth-order valence-corrected chi connectivity index (χ4v) is 4.57. The Kier molecular flexibility index (Phi) is 4.66. The molecule has 1 unspecified atom stereocenters. The molecular weight excluding hydrogens is 292 g/mol. The van der Waals surface area contributed by atoms with Crippen molar-refractivity contribution in [2.75, 3.05) is 16.8 Å². The first kappa shape index (κ1) is 15.7. The molecule has 0 radical (unpaired) electrons. The number of nitrogens with two attached hydrogens (primary N) is 1. The summed E-state index contributed by atoms with van der Waals surface area (Å²) in [6, 6.07) is 7.92. The highest BCUT2D eigenvalue weighted by Crippen LogP contribution is 2.35. The topological polar surface area (TPSA) is 72.2 Å². The molecule has 0 aliphatic carbocycles. The quantitative estimate of drug-likeness (QED) is 0.895. The predicted molar refractivity (Wildman–Crippen MR) is 86.4 cm³/mol. The summed E-state index contributed by atoms with van der Waals surface area (Å²) in [5.41, 5.74) is 2.03. The van der Waals surface area contributed by atoms with Gasteiger partial charge < -0.3 is 5.32 Å². The number of hydrogen-bond donors (Lipinski definition) is 2. The normalized spacial score (nSPS) is 22.4. The van der Waals surface area contributed by atoms with Crippen LogP contribution in [0.2, 0.25) is 0 Å². The van der Waals surface area contributed by atoms with E-state index in [1.807, 2.05) is 36.0 Å². The summed E-state index contributed by atoms with van der Waals surface area (Å²) < 4.78 is 22.1. The largest absolute Gasteiger partial charge is 0.381 e. The van der Waals surface area contributed by atoms with Crippen LogP contribution >= 0.6 is 11.8 Å². The Labute approximate surface area is 125 Å². The Morgan fingerprint density at radius 3 is 2.55 bits per heavy atom. The second-order valence-electron chi connectivity index (χ2n) is 6.01. The third kappa shape index (κ3) is 4.40. The molecule has 1 fully saturated rings. The molecule has 0 amide bonds. The van der Waals surface area contributed by atoms with Gasteiger partial charge in [0.05, 0.1) is 5.75 Å². The van der Waals surface area contributed by atoms with E-state index in [1.54, 1.807) is 0 Å². The van der Waals surface area contributed by atoms with Crippen molar-refractivity contribution in [2.45, 2.75) is 32.1 Å². The Balaban J connectivity index is 2.03. The summed E-state index contributed by atoms with van der Waals surface area (Å²) in [6.45, 7) is 4.58. The second kappa shape index (κ2) is 5.95. The van der Waals surface area contributed by atoms with Crippen LogP contribution < -0.4 is 10.5 Å². The van der Waals surface area contributed by atoms with Gasteiger partial charge in [-0.15, -0.1) is 0 Å². The van der Waals surface area contributed by atoms with Crippen molar-refractivity contribution in [3.05, 3.63) is 29.8 Å². The van der Waals surface area contributed by atoms with Gasteiger partial charge in [-0.2, -0.15) is 11.8 Å². The average molecular weight is 314 g/mol. The lowest BCUT2D eigenvalue weighted by Gasteiger charge is -2.39. The standard InChI is InChI=1S/C14H22N2O2S2/c1-14(2)7-8-19-9-13(14)16-12-5-3-11(4-6-12)10-20(15,17)18/h3-6,13,16H,7-10H2,1-2H3,(H2,15,17,18). The van der Waals surface area contributed by atoms with E-state index >= 15 is 0 Å². The molecule has 0 bridgehead atoms. The zero-order chi connectivity index (χ0) is 14.8. The minimum atomic E-state index is -3.46. The molecule has 0 saturated carbocycles. The molecule has 1 heterocycles. The fraction of sp³-hybridized carbons (Fsp3) is 0.571. The molecule has 20 heavy (non-hydrogen) atoms. The van der Waals surface area contributed by atoms with Crippen LogP contribution in [0, 0.1) is 5.41 Å². The molecule has 3 N–H and O–H groups in total. The summed E-state index contributed by atoms with van der Waals surface area (Å²) >= 11 is 1.98. The lowest BCUT2D eigenvalue weighted by molar-refractivity contribution is 0.305. The van der Waals surface area contributed by atoms with E-state index in [2.05, 4.69) is 19.2 Å². The SMILES string of the molecule is CC1(C)CCSCC1Nc1ccc(CS(N)(=O)=O)cc1. The molecule has 1 atom stereocenters. The highest BCUT2D eigenvalue weighted by Gasteiger charge is 2.32. The molecule has 1 aliphatic heterocycles. The summed E-state index contributed by atoms with van der Waals surface area (Å²) in [6.07, 6.45) is 1.21. The first-order chi connectivity index (χ1) is 9.26. The molecule has 1 aromatic rings. The van der Waals surface area contributed by atoms with Gasteiger partial charge in [0, 0.05) is 17.5 Å². The molecule has 2 rings (SSSR count). The van der Waals surface area contributed by atoms with E-state index in [-0.39, 0.29) is 11.2 Å². The molecule has 1 saturated heterocycles. The maximum absolute atomic E-state index is 11.0. The van der Waals surface area contributed by atoms with Crippen LogP contribution in [0.5, 0.6) is 0 Å². The molecule has 1 aliphatic rings. The van der Waals surface area contributed by atoms with Gasteiger partial charge in [-0.05, 0) is 35.3 Å². The fourth-order valence-electron chi connectivity index (χ4n) is 2.30.